The van der Waals surface area contributed by atoms with Crippen molar-refractivity contribution in [2.45, 2.75) is 37.5 Å². The number of hydrogen-bond acceptors (Lipinski definition) is 3. The summed E-state index contributed by atoms with van der Waals surface area (Å²) >= 11 is 1.82. The van der Waals surface area contributed by atoms with Crippen molar-refractivity contribution in [1.29, 1.82) is 0 Å². The van der Waals surface area contributed by atoms with Gasteiger partial charge in [-0.3, -0.25) is 0 Å². The third-order valence-corrected chi connectivity index (χ3v) is 4.52. The fourth-order valence-electron chi connectivity index (χ4n) is 2.59. The van der Waals surface area contributed by atoms with Crippen LogP contribution in [0.4, 0.5) is 0 Å². The Morgan fingerprint density at radius 2 is 1.81 bits per heavy atom. The van der Waals surface area contributed by atoms with Gasteiger partial charge in [0.05, 0.1) is 7.11 Å². The molecule has 0 spiro atoms. The third-order valence-electron chi connectivity index (χ3n) is 3.38. The molecule has 0 amide bonds. The minimum atomic E-state index is -0.0390. The van der Waals surface area contributed by atoms with Gasteiger partial charge in [0.15, 0.2) is 0 Å². The molecule has 0 fully saturated rings. The first-order valence-electron chi connectivity index (χ1n) is 7.13. The van der Waals surface area contributed by atoms with Crippen LogP contribution >= 0.6 is 11.8 Å². The fourth-order valence-corrected chi connectivity index (χ4v) is 3.70. The van der Waals surface area contributed by atoms with Crippen LogP contribution in [0.3, 0.4) is 0 Å². The Morgan fingerprint density at radius 1 is 1.14 bits per heavy atom. The van der Waals surface area contributed by atoms with E-state index in [0.29, 0.717) is 0 Å². The number of thioether (sulfide) groups is 1. The van der Waals surface area contributed by atoms with Crippen molar-refractivity contribution in [2.24, 2.45) is 5.73 Å². The molecule has 1 atom stereocenters. The van der Waals surface area contributed by atoms with E-state index >= 15 is 0 Å². The summed E-state index contributed by atoms with van der Waals surface area (Å²) in [6.07, 6.45) is 0. The maximum absolute atomic E-state index is 6.11. The molecule has 0 radical (unpaired) electrons. The smallest absolute Gasteiger partial charge is 0.124 e. The second-order valence-corrected chi connectivity index (χ2v) is 6.46. The predicted octanol–water partition coefficient (Wildman–Crippen LogP) is 4.62. The van der Waals surface area contributed by atoms with E-state index in [0.717, 1.165) is 17.1 Å². The molecule has 0 bridgehead atoms. The van der Waals surface area contributed by atoms with Crippen molar-refractivity contribution >= 4 is 11.8 Å². The molecule has 1 unspecified atom stereocenters. The summed E-state index contributed by atoms with van der Waals surface area (Å²) in [6.45, 7) is 6.28. The number of methoxy groups -OCH3 is 1. The molecular weight excluding hydrogens is 278 g/mol. The molecule has 2 rings (SSSR count). The molecule has 2 aromatic carbocycles. The van der Waals surface area contributed by atoms with Crippen molar-refractivity contribution in [3.63, 3.8) is 0 Å². The van der Waals surface area contributed by atoms with Crippen LogP contribution in [-0.2, 0) is 5.75 Å². The summed E-state index contributed by atoms with van der Waals surface area (Å²) in [5, 5.41) is 0. The van der Waals surface area contributed by atoms with Crippen molar-refractivity contribution in [3.05, 3.63) is 58.7 Å². The Balaban J connectivity index is 2.23. The van der Waals surface area contributed by atoms with Crippen LogP contribution in [0.15, 0.2) is 41.3 Å². The van der Waals surface area contributed by atoms with Crippen LogP contribution in [0.1, 0.15) is 35.2 Å². The number of benzene rings is 2. The van der Waals surface area contributed by atoms with E-state index < -0.39 is 0 Å². The zero-order valence-electron chi connectivity index (χ0n) is 13.1. The van der Waals surface area contributed by atoms with Crippen molar-refractivity contribution in [1.82, 2.24) is 0 Å². The molecular formula is C18H23NOS. The van der Waals surface area contributed by atoms with Gasteiger partial charge in [0.1, 0.15) is 5.75 Å². The van der Waals surface area contributed by atoms with E-state index in [1.807, 2.05) is 30.8 Å². The first kappa shape index (κ1) is 15.9. The van der Waals surface area contributed by atoms with Gasteiger partial charge in [-0.25, -0.2) is 0 Å². The van der Waals surface area contributed by atoms with Crippen LogP contribution in [0, 0.1) is 13.8 Å². The van der Waals surface area contributed by atoms with Gasteiger partial charge in [-0.2, -0.15) is 0 Å². The number of rotatable bonds is 5. The summed E-state index contributed by atoms with van der Waals surface area (Å²) in [5.74, 6) is 1.81. The Bertz CT molecular complexity index is 602. The van der Waals surface area contributed by atoms with Crippen LogP contribution in [0.5, 0.6) is 5.75 Å². The molecule has 0 aromatic heterocycles. The second kappa shape index (κ2) is 7.01. The molecule has 0 saturated heterocycles. The summed E-state index contributed by atoms with van der Waals surface area (Å²) in [5.41, 5.74) is 11.2. The molecule has 21 heavy (non-hydrogen) atoms. The lowest BCUT2D eigenvalue weighted by Crippen LogP contribution is -2.08. The highest BCUT2D eigenvalue weighted by Crippen LogP contribution is 2.35. The van der Waals surface area contributed by atoms with E-state index in [-0.39, 0.29) is 6.04 Å². The number of nitrogens with two attached hydrogens (primary N) is 1. The topological polar surface area (TPSA) is 35.2 Å². The Hall–Kier alpha value is -1.45. The Labute approximate surface area is 131 Å². The lowest BCUT2D eigenvalue weighted by molar-refractivity contribution is 0.405. The third kappa shape index (κ3) is 4.02. The molecule has 112 valence electrons. The van der Waals surface area contributed by atoms with Gasteiger partial charge in [0.2, 0.25) is 0 Å². The first-order chi connectivity index (χ1) is 10.0. The second-order valence-electron chi connectivity index (χ2n) is 5.45. The monoisotopic (exact) mass is 301 g/mol. The Kier molecular flexibility index (Phi) is 5.32. The molecule has 2 nitrogen and oxygen atoms in total. The Morgan fingerprint density at radius 3 is 2.38 bits per heavy atom. The predicted molar refractivity (Wildman–Crippen MR) is 91.1 cm³/mol. The SMILES string of the molecule is COc1cccc(SCc2cc(C)cc(C)c2)c1C(C)N. The van der Waals surface area contributed by atoms with Gasteiger partial charge in [0.25, 0.3) is 0 Å². The maximum Gasteiger partial charge on any atom is 0.124 e. The fraction of sp³-hybridized carbons (Fsp3) is 0.333. The van der Waals surface area contributed by atoms with Crippen LogP contribution in [0.2, 0.25) is 0 Å². The first-order valence-corrected chi connectivity index (χ1v) is 8.12. The number of ether oxygens (including phenoxy) is 1. The molecule has 3 heteroatoms. The summed E-state index contributed by atoms with van der Waals surface area (Å²) in [4.78, 5) is 1.20. The summed E-state index contributed by atoms with van der Waals surface area (Å²) < 4.78 is 5.44. The van der Waals surface area contributed by atoms with Crippen LogP contribution in [-0.4, -0.2) is 7.11 Å². The van der Waals surface area contributed by atoms with Crippen molar-refractivity contribution in [2.75, 3.05) is 7.11 Å². The minimum Gasteiger partial charge on any atom is -0.496 e. The van der Waals surface area contributed by atoms with Gasteiger partial charge in [-0.05, 0) is 38.5 Å². The quantitative estimate of drug-likeness (QED) is 0.818. The average Bonchev–Trinajstić information content (AvgIpc) is 2.43. The van der Waals surface area contributed by atoms with E-state index in [9.17, 15) is 0 Å². The van der Waals surface area contributed by atoms with Gasteiger partial charge >= 0.3 is 0 Å². The lowest BCUT2D eigenvalue weighted by Gasteiger charge is -2.16. The highest BCUT2D eigenvalue weighted by Gasteiger charge is 2.13. The maximum atomic E-state index is 6.11. The minimum absolute atomic E-state index is 0.0390. The zero-order valence-corrected chi connectivity index (χ0v) is 14.0. The zero-order chi connectivity index (χ0) is 15.4. The van der Waals surface area contributed by atoms with Gasteiger partial charge in [-0.15, -0.1) is 11.8 Å². The van der Waals surface area contributed by atoms with Gasteiger partial charge in [-0.1, -0.05) is 35.4 Å². The molecule has 2 N–H and O–H groups in total. The van der Waals surface area contributed by atoms with Crippen molar-refractivity contribution < 1.29 is 4.74 Å². The molecule has 2 aromatic rings. The standard InChI is InChI=1S/C18H23NOS/c1-12-8-13(2)10-15(9-12)11-21-17-7-5-6-16(20-4)18(17)14(3)19/h5-10,14H,11,19H2,1-4H3. The molecule has 0 heterocycles. The van der Waals surface area contributed by atoms with E-state index in [2.05, 4.69) is 38.1 Å². The lowest BCUT2D eigenvalue weighted by atomic mass is 10.1. The molecule has 0 aliphatic rings. The van der Waals surface area contributed by atoms with Gasteiger partial charge in [0, 0.05) is 22.3 Å². The molecule has 0 aliphatic carbocycles. The average molecular weight is 301 g/mol. The summed E-state index contributed by atoms with van der Waals surface area (Å²) in [6, 6.07) is 12.8. The van der Waals surface area contributed by atoms with E-state index in [1.165, 1.54) is 21.6 Å². The molecule has 0 saturated carbocycles. The number of hydrogen-bond donors (Lipinski definition) is 1. The summed E-state index contributed by atoms with van der Waals surface area (Å²) in [7, 11) is 1.69. The van der Waals surface area contributed by atoms with Crippen molar-refractivity contribution in [3.8, 4) is 5.75 Å². The number of aryl methyl sites for hydroxylation is 2. The molecule has 0 aliphatic heterocycles. The normalized spacial score (nSPS) is 12.2. The van der Waals surface area contributed by atoms with E-state index in [1.54, 1.807) is 7.11 Å². The highest BCUT2D eigenvalue weighted by molar-refractivity contribution is 7.98. The largest absolute Gasteiger partial charge is 0.496 e. The van der Waals surface area contributed by atoms with Crippen LogP contribution < -0.4 is 10.5 Å². The van der Waals surface area contributed by atoms with Gasteiger partial charge < -0.3 is 10.5 Å². The highest BCUT2D eigenvalue weighted by atomic mass is 32.2. The van der Waals surface area contributed by atoms with Crippen LogP contribution in [0.25, 0.3) is 0 Å². The van der Waals surface area contributed by atoms with E-state index in [4.69, 9.17) is 10.5 Å².